The topological polar surface area (TPSA) is 12.5 Å². The summed E-state index contributed by atoms with van der Waals surface area (Å²) < 4.78 is 41.2. The first-order chi connectivity index (χ1) is 13.5. The van der Waals surface area contributed by atoms with Crippen LogP contribution >= 0.6 is 0 Å². The van der Waals surface area contributed by atoms with E-state index in [0.717, 1.165) is 24.2 Å². The van der Waals surface area contributed by atoms with Crippen LogP contribution in [0.2, 0.25) is 0 Å². The highest BCUT2D eigenvalue weighted by atomic mass is 19.4. The first-order valence-corrected chi connectivity index (χ1v) is 9.24. The van der Waals surface area contributed by atoms with Crippen molar-refractivity contribution in [3.05, 3.63) is 95.6 Å². The molecule has 1 aliphatic rings. The van der Waals surface area contributed by atoms with Crippen molar-refractivity contribution in [3.8, 4) is 5.75 Å². The molecule has 3 aromatic rings. The molecule has 2 nitrogen and oxygen atoms in total. The summed E-state index contributed by atoms with van der Waals surface area (Å²) >= 11 is 0. The Balaban J connectivity index is 1.62. The van der Waals surface area contributed by atoms with Crippen LogP contribution in [0.4, 0.5) is 18.9 Å². The highest BCUT2D eigenvalue weighted by molar-refractivity contribution is 5.52. The van der Waals surface area contributed by atoms with Crippen molar-refractivity contribution in [1.82, 2.24) is 0 Å². The summed E-state index contributed by atoms with van der Waals surface area (Å²) in [6.07, 6.45) is -2.99. The maximum absolute atomic E-state index is 12.4. The second-order valence-corrected chi connectivity index (χ2v) is 6.89. The number of ether oxygens (including phenoxy) is 1. The molecule has 1 aliphatic heterocycles. The van der Waals surface area contributed by atoms with Crippen LogP contribution in [0, 0.1) is 0 Å². The average Bonchev–Trinajstić information content (AvgIpc) is 2.69. The van der Waals surface area contributed by atoms with Crippen molar-refractivity contribution in [1.29, 1.82) is 0 Å². The SMILES string of the molecule is FC(F)(F)Oc1ccc(C[C@H]2c3ccccc3CCN2c2ccccc2)cc1. The molecule has 0 unspecified atom stereocenters. The van der Waals surface area contributed by atoms with E-state index >= 15 is 0 Å². The van der Waals surface area contributed by atoms with Crippen molar-refractivity contribution in [2.24, 2.45) is 0 Å². The lowest BCUT2D eigenvalue weighted by atomic mass is 9.88. The van der Waals surface area contributed by atoms with Gasteiger partial charge in [-0.15, -0.1) is 13.2 Å². The number of para-hydroxylation sites is 1. The lowest BCUT2D eigenvalue weighted by Gasteiger charge is -2.39. The predicted octanol–water partition coefficient (Wildman–Crippen LogP) is 5.93. The van der Waals surface area contributed by atoms with Gasteiger partial charge >= 0.3 is 6.36 Å². The van der Waals surface area contributed by atoms with E-state index in [9.17, 15) is 13.2 Å². The van der Waals surface area contributed by atoms with Crippen LogP contribution in [0.5, 0.6) is 5.75 Å². The Morgan fingerprint density at radius 3 is 2.25 bits per heavy atom. The normalized spacial score (nSPS) is 16.5. The fourth-order valence-electron chi connectivity index (χ4n) is 3.85. The van der Waals surface area contributed by atoms with Gasteiger partial charge < -0.3 is 9.64 Å². The van der Waals surface area contributed by atoms with E-state index in [2.05, 4.69) is 40.0 Å². The third-order valence-corrected chi connectivity index (χ3v) is 5.09. The van der Waals surface area contributed by atoms with E-state index in [1.54, 1.807) is 12.1 Å². The van der Waals surface area contributed by atoms with Gasteiger partial charge in [0.1, 0.15) is 5.75 Å². The summed E-state index contributed by atoms with van der Waals surface area (Å²) in [4.78, 5) is 2.38. The highest BCUT2D eigenvalue weighted by Gasteiger charge is 2.31. The second kappa shape index (κ2) is 7.58. The molecule has 0 saturated carbocycles. The number of rotatable bonds is 4. The minimum absolute atomic E-state index is 0.127. The first-order valence-electron chi connectivity index (χ1n) is 9.24. The summed E-state index contributed by atoms with van der Waals surface area (Å²) in [6, 6.07) is 24.9. The molecule has 0 saturated heterocycles. The van der Waals surface area contributed by atoms with Gasteiger partial charge in [-0.2, -0.15) is 0 Å². The van der Waals surface area contributed by atoms with E-state index in [-0.39, 0.29) is 11.8 Å². The summed E-state index contributed by atoms with van der Waals surface area (Å²) in [5, 5.41) is 0. The Morgan fingerprint density at radius 1 is 0.857 bits per heavy atom. The number of fused-ring (bicyclic) bond motifs is 1. The number of nitrogens with zero attached hydrogens (tertiary/aromatic N) is 1. The van der Waals surface area contributed by atoms with Crippen molar-refractivity contribution < 1.29 is 17.9 Å². The smallest absolute Gasteiger partial charge is 0.406 e. The molecule has 0 bridgehead atoms. The number of hydrogen-bond donors (Lipinski definition) is 0. The van der Waals surface area contributed by atoms with Gasteiger partial charge in [0.25, 0.3) is 0 Å². The van der Waals surface area contributed by atoms with Crippen molar-refractivity contribution in [3.63, 3.8) is 0 Å². The quantitative estimate of drug-likeness (QED) is 0.553. The minimum Gasteiger partial charge on any atom is -0.406 e. The monoisotopic (exact) mass is 383 g/mol. The third-order valence-electron chi connectivity index (χ3n) is 5.09. The van der Waals surface area contributed by atoms with Crippen LogP contribution in [-0.2, 0) is 12.8 Å². The lowest BCUT2D eigenvalue weighted by molar-refractivity contribution is -0.274. The maximum Gasteiger partial charge on any atom is 0.573 e. The lowest BCUT2D eigenvalue weighted by Crippen LogP contribution is -2.36. The van der Waals surface area contributed by atoms with Gasteiger partial charge in [-0.25, -0.2) is 0 Å². The molecule has 5 heteroatoms. The Labute approximate surface area is 162 Å². The Kier molecular flexibility index (Phi) is 4.99. The second-order valence-electron chi connectivity index (χ2n) is 6.89. The van der Waals surface area contributed by atoms with Crippen molar-refractivity contribution >= 4 is 5.69 Å². The van der Waals surface area contributed by atoms with E-state index < -0.39 is 6.36 Å². The van der Waals surface area contributed by atoms with Crippen molar-refractivity contribution in [2.45, 2.75) is 25.2 Å². The van der Waals surface area contributed by atoms with Gasteiger partial charge in [0, 0.05) is 12.2 Å². The molecule has 0 amide bonds. The van der Waals surface area contributed by atoms with Gasteiger partial charge in [0.2, 0.25) is 0 Å². The van der Waals surface area contributed by atoms with Crippen LogP contribution in [0.3, 0.4) is 0 Å². The zero-order valence-electron chi connectivity index (χ0n) is 15.2. The number of halogens is 3. The molecule has 1 atom stereocenters. The van der Waals surface area contributed by atoms with E-state index in [1.807, 2.05) is 24.3 Å². The van der Waals surface area contributed by atoms with E-state index in [4.69, 9.17) is 0 Å². The van der Waals surface area contributed by atoms with Crippen LogP contribution in [0.25, 0.3) is 0 Å². The molecule has 3 aromatic carbocycles. The Bertz CT molecular complexity index is 923. The molecule has 0 spiro atoms. The first kappa shape index (κ1) is 18.4. The van der Waals surface area contributed by atoms with Crippen LogP contribution in [0.1, 0.15) is 22.7 Å². The van der Waals surface area contributed by atoms with E-state index in [1.165, 1.54) is 23.3 Å². The summed E-state index contributed by atoms with van der Waals surface area (Å²) in [7, 11) is 0. The molecule has 28 heavy (non-hydrogen) atoms. The molecule has 0 N–H and O–H groups in total. The molecule has 1 heterocycles. The van der Waals surface area contributed by atoms with Crippen LogP contribution in [-0.4, -0.2) is 12.9 Å². The molecule has 4 rings (SSSR count). The highest BCUT2D eigenvalue weighted by Crippen LogP contribution is 2.36. The van der Waals surface area contributed by atoms with Gasteiger partial charge in [-0.3, -0.25) is 0 Å². The zero-order chi connectivity index (χ0) is 19.6. The fraction of sp³-hybridized carbons (Fsp3) is 0.217. The molecule has 0 aromatic heterocycles. The largest absolute Gasteiger partial charge is 0.573 e. The summed E-state index contributed by atoms with van der Waals surface area (Å²) in [6.45, 7) is 0.904. The number of benzene rings is 3. The van der Waals surface area contributed by atoms with Gasteiger partial charge in [0.15, 0.2) is 0 Å². The zero-order valence-corrected chi connectivity index (χ0v) is 15.2. The molecular weight excluding hydrogens is 363 g/mol. The summed E-state index contributed by atoms with van der Waals surface area (Å²) in [5.74, 6) is -0.194. The fourth-order valence-corrected chi connectivity index (χ4v) is 3.85. The van der Waals surface area contributed by atoms with Crippen LogP contribution < -0.4 is 9.64 Å². The molecule has 144 valence electrons. The maximum atomic E-state index is 12.4. The number of anilines is 1. The van der Waals surface area contributed by atoms with Gasteiger partial charge in [0.05, 0.1) is 6.04 Å². The van der Waals surface area contributed by atoms with Crippen LogP contribution in [0.15, 0.2) is 78.9 Å². The third kappa shape index (κ3) is 4.14. The summed E-state index contributed by atoms with van der Waals surface area (Å²) in [5.41, 5.74) is 4.72. The molecular formula is C23H20F3NO. The van der Waals surface area contributed by atoms with Gasteiger partial charge in [-0.1, -0.05) is 54.6 Å². The van der Waals surface area contributed by atoms with Gasteiger partial charge in [-0.05, 0) is 53.8 Å². The Hall–Kier alpha value is -2.95. The van der Waals surface area contributed by atoms with Crippen molar-refractivity contribution in [2.75, 3.05) is 11.4 Å². The van der Waals surface area contributed by atoms with E-state index in [0.29, 0.717) is 6.42 Å². The minimum atomic E-state index is -4.67. The molecule has 0 fully saturated rings. The molecule has 0 aliphatic carbocycles. The number of alkyl halides is 3. The standard InChI is InChI=1S/C23H20F3NO/c24-23(25,26)28-20-12-10-17(11-13-20)16-22-21-9-5-4-6-18(21)14-15-27(22)19-7-2-1-3-8-19/h1-13,22H,14-16H2/t22-/m0/s1. The Morgan fingerprint density at radius 2 is 1.54 bits per heavy atom. The predicted molar refractivity (Wildman–Crippen MR) is 104 cm³/mol. The number of hydrogen-bond acceptors (Lipinski definition) is 2. The molecule has 0 radical (unpaired) electrons. The average molecular weight is 383 g/mol.